The molecular weight excluding hydrogens is 1270 g/mol. The number of carboxylic acid groups (broad SMARTS) is 3. The second-order valence-electron chi connectivity index (χ2n) is 16.8. The Morgan fingerprint density at radius 1 is 0.487 bits per heavy atom. The number of carboxylic acids is 3. The Morgan fingerprint density at radius 2 is 0.821 bits per heavy atom. The van der Waals surface area contributed by atoms with Crippen LogP contribution in [0.3, 0.4) is 0 Å². The fraction of sp³-hybridized carbons (Fsp3) is 0.264. The average Bonchev–Trinajstić information content (AvgIpc) is 3.36. The summed E-state index contributed by atoms with van der Waals surface area (Å²) in [4.78, 5) is 31.8. The van der Waals surface area contributed by atoms with Gasteiger partial charge in [-0.05, 0) is 163 Å². The van der Waals surface area contributed by atoms with Crippen molar-refractivity contribution in [3.05, 3.63) is 170 Å². The first-order valence-electron chi connectivity index (χ1n) is 22.7. The molecule has 6 rings (SSSR count). The summed E-state index contributed by atoms with van der Waals surface area (Å²) in [6.07, 6.45) is -11.5. The second kappa shape index (κ2) is 30.2. The number of nitrogens with one attached hydrogen (secondary N) is 3. The number of aliphatic carboxylic acids is 3. The molecule has 420 valence electrons. The standard InChI is InChI=1S/C18H15Br2F4NO3.C18H18Cl2FNO3.C17H15Cl3FNO3/c1-25-12-3-10(2-11(7-12)18(22,23)24)8-28-16-13(19)4-9(5-14(16)20)6-15(21)17(26)27;1-10-3-12(5-13(4-10)22-2)9-25-17-14(19)6-11(7-15(17)20)8-16(21)18(23)24;1-22-12-3-10(2-11(18)7-12)8-25-16-13(19)4-9(5-14(16)20)6-15(21)17(23)24/h2-5,7,15,25H,6,8H2,1H3,(H,26,27);3-7,16,22H,8-9H2,1-2H3,(H,23,24);2-5,7,15,22H,6,8H2,1H3,(H,23,24). The molecule has 0 aliphatic rings. The van der Waals surface area contributed by atoms with Crippen LogP contribution >= 0.6 is 89.9 Å². The number of benzene rings is 6. The van der Waals surface area contributed by atoms with Gasteiger partial charge >= 0.3 is 24.1 Å². The highest BCUT2D eigenvalue weighted by Crippen LogP contribution is 2.39. The van der Waals surface area contributed by atoms with Crippen LogP contribution in [0, 0.1) is 6.92 Å². The van der Waals surface area contributed by atoms with Crippen LogP contribution in [-0.4, -0.2) is 72.9 Å². The zero-order valence-electron chi connectivity index (χ0n) is 41.3. The monoisotopic (exact) mass is 1320 g/mol. The Bertz CT molecular complexity index is 2890. The van der Waals surface area contributed by atoms with Gasteiger partial charge in [0.2, 0.25) is 18.5 Å². The number of halogens is 13. The van der Waals surface area contributed by atoms with E-state index in [4.69, 9.17) is 87.5 Å². The third kappa shape index (κ3) is 20.3. The molecule has 0 fully saturated rings. The van der Waals surface area contributed by atoms with Crippen LogP contribution in [-0.2, 0) is 59.6 Å². The molecule has 0 bridgehead atoms. The highest BCUT2D eigenvalue weighted by Gasteiger charge is 2.31. The van der Waals surface area contributed by atoms with Crippen molar-refractivity contribution in [2.75, 3.05) is 37.1 Å². The SMILES string of the molecule is CNc1cc(C)cc(COc2c(Cl)cc(CC(F)C(=O)O)cc2Cl)c1.CNc1cc(COc2c(Br)cc(CC(F)C(=O)O)cc2Br)cc(C(F)(F)F)c1.CNc1cc(Cl)cc(COc2c(Cl)cc(CC(F)C(=O)O)cc2Cl)c1. The molecule has 78 heavy (non-hydrogen) atoms. The Morgan fingerprint density at radius 3 is 1.19 bits per heavy atom. The maximum Gasteiger partial charge on any atom is 0.416 e. The zero-order chi connectivity index (χ0) is 58.2. The Balaban J connectivity index is 0.000000253. The van der Waals surface area contributed by atoms with Gasteiger partial charge in [-0.3, -0.25) is 0 Å². The van der Waals surface area contributed by atoms with E-state index in [9.17, 15) is 40.7 Å². The molecule has 6 aromatic rings. The van der Waals surface area contributed by atoms with E-state index < -0.39 is 48.2 Å². The van der Waals surface area contributed by atoms with Gasteiger partial charge in [-0.15, -0.1) is 0 Å². The Hall–Kier alpha value is -5.48. The first kappa shape index (κ1) is 65.0. The van der Waals surface area contributed by atoms with Gasteiger partial charge in [0.1, 0.15) is 25.6 Å². The van der Waals surface area contributed by atoms with E-state index in [1.165, 1.54) is 49.5 Å². The second-order valence-corrected chi connectivity index (χ2v) is 20.6. The number of anilines is 3. The average molecular weight is 1320 g/mol. The molecule has 0 heterocycles. The predicted octanol–water partition coefficient (Wildman–Crippen LogP) is 15.9. The van der Waals surface area contributed by atoms with Crippen molar-refractivity contribution in [2.24, 2.45) is 0 Å². The van der Waals surface area contributed by atoms with Crippen molar-refractivity contribution < 1.29 is 70.3 Å². The lowest BCUT2D eigenvalue weighted by Gasteiger charge is -2.15. The normalized spacial score (nSPS) is 12.1. The van der Waals surface area contributed by atoms with Gasteiger partial charge in [-0.1, -0.05) is 64.1 Å². The minimum atomic E-state index is -4.49. The van der Waals surface area contributed by atoms with Crippen molar-refractivity contribution in [3.8, 4) is 17.2 Å². The van der Waals surface area contributed by atoms with Gasteiger partial charge in [0.25, 0.3) is 0 Å². The van der Waals surface area contributed by atoms with Crippen LogP contribution in [0.2, 0.25) is 25.1 Å². The fourth-order valence-electron chi connectivity index (χ4n) is 7.01. The molecular formula is C53H48Br2Cl5F6N3O9. The highest BCUT2D eigenvalue weighted by atomic mass is 79.9. The molecule has 12 nitrogen and oxygen atoms in total. The van der Waals surface area contributed by atoms with E-state index in [-0.39, 0.29) is 70.7 Å². The summed E-state index contributed by atoms with van der Waals surface area (Å²) in [6.45, 7) is 2.27. The molecule has 6 N–H and O–H groups in total. The van der Waals surface area contributed by atoms with Crippen LogP contribution < -0.4 is 30.2 Å². The molecule has 0 aliphatic heterocycles. The van der Waals surface area contributed by atoms with Crippen molar-refractivity contribution in [1.82, 2.24) is 0 Å². The van der Waals surface area contributed by atoms with Gasteiger partial charge in [-0.2, -0.15) is 13.2 Å². The van der Waals surface area contributed by atoms with Crippen LogP contribution in [0.25, 0.3) is 0 Å². The summed E-state index contributed by atoms with van der Waals surface area (Å²) in [7, 11) is 5.13. The van der Waals surface area contributed by atoms with E-state index in [0.717, 1.165) is 40.2 Å². The smallest absolute Gasteiger partial charge is 0.416 e. The summed E-state index contributed by atoms with van der Waals surface area (Å²) < 4.78 is 96.9. The molecule has 0 aromatic heterocycles. The maximum absolute atomic E-state index is 13.4. The number of alkyl halides is 6. The number of hydrogen-bond acceptors (Lipinski definition) is 9. The van der Waals surface area contributed by atoms with E-state index in [1.54, 1.807) is 19.2 Å². The van der Waals surface area contributed by atoms with Crippen molar-refractivity contribution in [3.63, 3.8) is 0 Å². The maximum atomic E-state index is 13.4. The summed E-state index contributed by atoms with van der Waals surface area (Å²) in [5, 5.41) is 36.0. The van der Waals surface area contributed by atoms with Gasteiger partial charge < -0.3 is 45.5 Å². The van der Waals surface area contributed by atoms with E-state index in [0.29, 0.717) is 47.7 Å². The molecule has 25 heteroatoms. The Labute approximate surface area is 486 Å². The minimum absolute atomic E-state index is 0.143. The molecule has 0 saturated heterocycles. The van der Waals surface area contributed by atoms with E-state index >= 15 is 0 Å². The largest absolute Gasteiger partial charge is 0.487 e. The minimum Gasteiger partial charge on any atom is -0.487 e. The first-order valence-corrected chi connectivity index (χ1v) is 26.2. The molecule has 0 aliphatic carbocycles. The molecule has 0 spiro atoms. The summed E-state index contributed by atoms with van der Waals surface area (Å²) >= 11 is 37.1. The third-order valence-electron chi connectivity index (χ3n) is 10.7. The van der Waals surface area contributed by atoms with Crippen LogP contribution in [0.4, 0.5) is 43.4 Å². The number of aryl methyl sites for hydroxylation is 1. The lowest BCUT2D eigenvalue weighted by atomic mass is 10.1. The van der Waals surface area contributed by atoms with Gasteiger partial charge in [0.15, 0.2) is 11.5 Å². The van der Waals surface area contributed by atoms with E-state index in [2.05, 4.69) is 47.8 Å². The lowest BCUT2D eigenvalue weighted by molar-refractivity contribution is -0.143. The molecule has 3 unspecified atom stereocenters. The summed E-state index contributed by atoms with van der Waals surface area (Å²) in [5.41, 5.74) is 5.62. The summed E-state index contributed by atoms with van der Waals surface area (Å²) in [5.74, 6) is -3.79. The first-order chi connectivity index (χ1) is 36.6. The number of carbonyl (C=O) groups is 3. The lowest BCUT2D eigenvalue weighted by Crippen LogP contribution is -2.17. The third-order valence-corrected chi connectivity index (χ3v) is 13.2. The predicted molar refractivity (Wildman–Crippen MR) is 299 cm³/mol. The fourth-order valence-corrected chi connectivity index (χ4v) is 10.1. The highest BCUT2D eigenvalue weighted by molar-refractivity contribution is 9.11. The van der Waals surface area contributed by atoms with Gasteiger partial charge in [-0.25, -0.2) is 27.6 Å². The molecule has 0 radical (unpaired) electrons. The molecule has 0 amide bonds. The van der Waals surface area contributed by atoms with Gasteiger partial charge in [0, 0.05) is 62.5 Å². The Kier molecular flexibility index (Phi) is 25.2. The quantitative estimate of drug-likeness (QED) is 0.0377. The van der Waals surface area contributed by atoms with Crippen LogP contribution in [0.15, 0.2) is 99.9 Å². The van der Waals surface area contributed by atoms with Crippen LogP contribution in [0.5, 0.6) is 17.2 Å². The van der Waals surface area contributed by atoms with E-state index in [1.807, 2.05) is 38.2 Å². The van der Waals surface area contributed by atoms with Crippen molar-refractivity contribution >= 4 is 125 Å². The topological polar surface area (TPSA) is 176 Å². The van der Waals surface area contributed by atoms with Gasteiger partial charge in [0.05, 0.1) is 34.6 Å². The number of rotatable bonds is 21. The summed E-state index contributed by atoms with van der Waals surface area (Å²) in [6, 6.07) is 23.7. The van der Waals surface area contributed by atoms with Crippen molar-refractivity contribution in [2.45, 2.75) is 70.7 Å². The molecule has 6 aromatic carbocycles. The zero-order valence-corrected chi connectivity index (χ0v) is 48.3. The molecule has 3 atom stereocenters. The number of ether oxygens (including phenoxy) is 3. The van der Waals surface area contributed by atoms with Crippen molar-refractivity contribution in [1.29, 1.82) is 0 Å². The molecule has 0 saturated carbocycles. The number of hydrogen-bond donors (Lipinski definition) is 6. The van der Waals surface area contributed by atoms with Crippen LogP contribution in [0.1, 0.15) is 44.5 Å².